The molecule has 2 nitrogen and oxygen atoms in total. The maximum Gasteiger partial charge on any atom is 0.136 e. The molecule has 0 aliphatic heterocycles. The van der Waals surface area contributed by atoms with Crippen LogP contribution in [0.3, 0.4) is 0 Å². The van der Waals surface area contributed by atoms with Crippen molar-refractivity contribution in [2.75, 3.05) is 6.54 Å². The van der Waals surface area contributed by atoms with Crippen LogP contribution in [0.25, 0.3) is 0 Å². The molecule has 0 aromatic heterocycles. The number of hydrogen-bond donors (Lipinski definition) is 1. The van der Waals surface area contributed by atoms with Gasteiger partial charge in [-0.25, -0.2) is 4.39 Å². The van der Waals surface area contributed by atoms with Gasteiger partial charge in [0.05, 0.1) is 4.47 Å². The van der Waals surface area contributed by atoms with Crippen molar-refractivity contribution in [2.24, 2.45) is 0 Å². The van der Waals surface area contributed by atoms with Crippen LogP contribution < -0.4 is 10.1 Å². The first-order valence-corrected chi connectivity index (χ1v) is 6.13. The maximum atomic E-state index is 13.0. The van der Waals surface area contributed by atoms with Crippen molar-refractivity contribution in [1.82, 2.24) is 5.32 Å². The highest BCUT2D eigenvalue weighted by Gasteiger charge is 2.08. The van der Waals surface area contributed by atoms with E-state index in [2.05, 4.69) is 35.1 Å². The van der Waals surface area contributed by atoms with E-state index < -0.39 is 0 Å². The van der Waals surface area contributed by atoms with Gasteiger partial charge in [0.25, 0.3) is 0 Å². The molecule has 0 bridgehead atoms. The molecule has 16 heavy (non-hydrogen) atoms. The molecular weight excluding hydrogens is 273 g/mol. The molecular formula is C12H17BrFNO. The number of benzene rings is 1. The van der Waals surface area contributed by atoms with Crippen LogP contribution in [0, 0.1) is 5.82 Å². The van der Waals surface area contributed by atoms with E-state index in [4.69, 9.17) is 4.74 Å². The predicted molar refractivity (Wildman–Crippen MR) is 67.3 cm³/mol. The molecule has 4 heteroatoms. The SMILES string of the molecule is CC(C)NCC(C)Oc1cc(F)ccc1Br. The summed E-state index contributed by atoms with van der Waals surface area (Å²) < 4.78 is 19.4. The van der Waals surface area contributed by atoms with Crippen molar-refractivity contribution in [3.05, 3.63) is 28.5 Å². The van der Waals surface area contributed by atoms with Crippen LogP contribution in [-0.2, 0) is 0 Å². The van der Waals surface area contributed by atoms with Crippen molar-refractivity contribution < 1.29 is 9.13 Å². The monoisotopic (exact) mass is 289 g/mol. The molecule has 90 valence electrons. The lowest BCUT2D eigenvalue weighted by Crippen LogP contribution is -2.33. The minimum Gasteiger partial charge on any atom is -0.488 e. The average molecular weight is 290 g/mol. The minimum absolute atomic E-state index is 0.000463. The summed E-state index contributed by atoms with van der Waals surface area (Å²) in [6.45, 7) is 6.84. The predicted octanol–water partition coefficient (Wildman–Crippen LogP) is 3.35. The molecule has 0 heterocycles. The summed E-state index contributed by atoms with van der Waals surface area (Å²) in [4.78, 5) is 0. The standard InChI is InChI=1S/C12H17BrFNO/c1-8(2)15-7-9(3)16-12-6-10(14)4-5-11(12)13/h4-6,8-9,15H,7H2,1-3H3. The highest BCUT2D eigenvalue weighted by molar-refractivity contribution is 9.10. The molecule has 0 amide bonds. The lowest BCUT2D eigenvalue weighted by Gasteiger charge is -2.18. The van der Waals surface area contributed by atoms with Gasteiger partial charge in [-0.05, 0) is 35.0 Å². The Morgan fingerprint density at radius 3 is 2.69 bits per heavy atom. The van der Waals surface area contributed by atoms with Crippen molar-refractivity contribution in [3.63, 3.8) is 0 Å². The summed E-state index contributed by atoms with van der Waals surface area (Å²) in [6.07, 6.45) is 0.000463. The lowest BCUT2D eigenvalue weighted by molar-refractivity contribution is 0.211. The zero-order valence-corrected chi connectivity index (χ0v) is 11.3. The Morgan fingerprint density at radius 2 is 2.06 bits per heavy atom. The third-order valence-corrected chi connectivity index (χ3v) is 2.69. The molecule has 1 aromatic rings. The Kier molecular flexibility index (Phi) is 5.22. The van der Waals surface area contributed by atoms with Crippen LogP contribution in [0.15, 0.2) is 22.7 Å². The largest absolute Gasteiger partial charge is 0.488 e. The van der Waals surface area contributed by atoms with Gasteiger partial charge < -0.3 is 10.1 Å². The summed E-state index contributed by atoms with van der Waals surface area (Å²) >= 11 is 3.33. The molecule has 0 spiro atoms. The zero-order valence-electron chi connectivity index (χ0n) is 9.76. The first-order chi connectivity index (χ1) is 7.49. The molecule has 0 fully saturated rings. The number of halogens is 2. The van der Waals surface area contributed by atoms with Gasteiger partial charge in [0, 0.05) is 18.7 Å². The van der Waals surface area contributed by atoms with Gasteiger partial charge >= 0.3 is 0 Å². The van der Waals surface area contributed by atoms with Gasteiger partial charge in [-0.1, -0.05) is 13.8 Å². The first-order valence-electron chi connectivity index (χ1n) is 5.34. The van der Waals surface area contributed by atoms with Crippen LogP contribution in [-0.4, -0.2) is 18.7 Å². The van der Waals surface area contributed by atoms with Gasteiger partial charge in [0.15, 0.2) is 0 Å². The number of hydrogen-bond acceptors (Lipinski definition) is 2. The van der Waals surface area contributed by atoms with Crippen molar-refractivity contribution in [3.8, 4) is 5.75 Å². The van der Waals surface area contributed by atoms with Crippen LogP contribution >= 0.6 is 15.9 Å². The van der Waals surface area contributed by atoms with E-state index in [1.165, 1.54) is 12.1 Å². The van der Waals surface area contributed by atoms with E-state index in [-0.39, 0.29) is 11.9 Å². The van der Waals surface area contributed by atoms with E-state index in [1.807, 2.05) is 6.92 Å². The van der Waals surface area contributed by atoms with Gasteiger partial charge in [-0.3, -0.25) is 0 Å². The van der Waals surface area contributed by atoms with E-state index in [0.717, 1.165) is 11.0 Å². The fourth-order valence-electron chi connectivity index (χ4n) is 1.23. The van der Waals surface area contributed by atoms with Gasteiger partial charge in [0.1, 0.15) is 17.7 Å². The first kappa shape index (κ1) is 13.5. The third-order valence-electron chi connectivity index (χ3n) is 2.03. The van der Waals surface area contributed by atoms with E-state index in [1.54, 1.807) is 6.07 Å². The van der Waals surface area contributed by atoms with Gasteiger partial charge in [-0.2, -0.15) is 0 Å². The van der Waals surface area contributed by atoms with Crippen LogP contribution in [0.4, 0.5) is 4.39 Å². The van der Waals surface area contributed by atoms with Crippen LogP contribution in [0.5, 0.6) is 5.75 Å². The summed E-state index contributed by atoms with van der Waals surface area (Å²) in [5, 5.41) is 3.27. The summed E-state index contributed by atoms with van der Waals surface area (Å²) in [6, 6.07) is 4.85. The van der Waals surface area contributed by atoms with Crippen LogP contribution in [0.2, 0.25) is 0 Å². The van der Waals surface area contributed by atoms with E-state index in [0.29, 0.717) is 11.8 Å². The molecule has 1 atom stereocenters. The Morgan fingerprint density at radius 1 is 1.38 bits per heavy atom. The second-order valence-corrected chi connectivity index (χ2v) is 4.92. The van der Waals surface area contributed by atoms with Gasteiger partial charge in [-0.15, -0.1) is 0 Å². The Bertz CT molecular complexity index is 344. The quantitative estimate of drug-likeness (QED) is 0.898. The Labute approximate surface area is 104 Å². The number of nitrogens with one attached hydrogen (secondary N) is 1. The average Bonchev–Trinajstić information content (AvgIpc) is 2.20. The molecule has 1 rings (SSSR count). The number of ether oxygens (including phenoxy) is 1. The summed E-state index contributed by atoms with van der Waals surface area (Å²) in [5.41, 5.74) is 0. The Hall–Kier alpha value is -0.610. The molecule has 0 saturated carbocycles. The fourth-order valence-corrected chi connectivity index (χ4v) is 1.57. The smallest absolute Gasteiger partial charge is 0.136 e. The Balaban J connectivity index is 2.55. The fraction of sp³-hybridized carbons (Fsp3) is 0.500. The summed E-state index contributed by atoms with van der Waals surface area (Å²) in [7, 11) is 0. The van der Waals surface area contributed by atoms with Crippen LogP contribution in [0.1, 0.15) is 20.8 Å². The molecule has 1 aromatic carbocycles. The normalized spacial score (nSPS) is 12.9. The molecule has 0 radical (unpaired) electrons. The van der Waals surface area contributed by atoms with Crippen molar-refractivity contribution >= 4 is 15.9 Å². The lowest BCUT2D eigenvalue weighted by atomic mass is 10.3. The molecule has 0 aliphatic rings. The van der Waals surface area contributed by atoms with E-state index in [9.17, 15) is 4.39 Å². The second kappa shape index (κ2) is 6.21. The molecule has 0 aliphatic carbocycles. The minimum atomic E-state index is -0.290. The maximum absolute atomic E-state index is 13.0. The topological polar surface area (TPSA) is 21.3 Å². The highest BCUT2D eigenvalue weighted by atomic mass is 79.9. The molecule has 0 saturated heterocycles. The molecule has 1 N–H and O–H groups in total. The summed E-state index contributed by atoms with van der Waals surface area (Å²) in [5.74, 6) is 0.250. The van der Waals surface area contributed by atoms with Crippen molar-refractivity contribution in [1.29, 1.82) is 0 Å². The zero-order chi connectivity index (χ0) is 12.1. The third kappa shape index (κ3) is 4.49. The van der Waals surface area contributed by atoms with E-state index >= 15 is 0 Å². The van der Waals surface area contributed by atoms with Crippen molar-refractivity contribution in [2.45, 2.75) is 32.9 Å². The number of rotatable bonds is 5. The van der Waals surface area contributed by atoms with Gasteiger partial charge in [0.2, 0.25) is 0 Å². The highest BCUT2D eigenvalue weighted by Crippen LogP contribution is 2.26. The molecule has 1 unspecified atom stereocenters. The second-order valence-electron chi connectivity index (χ2n) is 4.07.